The fourth-order valence-corrected chi connectivity index (χ4v) is 10.7. The summed E-state index contributed by atoms with van der Waals surface area (Å²) in [6.07, 6.45) is 0. The first-order chi connectivity index (χ1) is 36.7. The summed E-state index contributed by atoms with van der Waals surface area (Å²) >= 11 is 0. The predicted octanol–water partition coefficient (Wildman–Crippen LogP) is 20.4. The van der Waals surface area contributed by atoms with Crippen molar-refractivity contribution in [3.8, 4) is 55.6 Å². The number of nitrogens with zero attached hydrogens (tertiary/aromatic N) is 2. The number of fused-ring (bicyclic) bond motifs is 6. The molecular formula is C72H50N2. The van der Waals surface area contributed by atoms with E-state index in [-0.39, 0.29) is 0 Å². The van der Waals surface area contributed by atoms with Crippen LogP contribution >= 0.6 is 0 Å². The first-order valence-corrected chi connectivity index (χ1v) is 25.4. The highest BCUT2D eigenvalue weighted by Crippen LogP contribution is 2.44. The fraction of sp³-hybridized carbons (Fsp3) is 0. The lowest BCUT2D eigenvalue weighted by molar-refractivity contribution is 1.28. The first-order valence-electron chi connectivity index (χ1n) is 25.4. The third kappa shape index (κ3) is 8.55. The summed E-state index contributed by atoms with van der Waals surface area (Å²) in [5, 5.41) is 7.40. The van der Waals surface area contributed by atoms with Gasteiger partial charge in [0.05, 0.1) is 0 Å². The van der Waals surface area contributed by atoms with Gasteiger partial charge in [0.2, 0.25) is 0 Å². The molecule has 0 spiro atoms. The van der Waals surface area contributed by atoms with E-state index in [1.807, 2.05) is 0 Å². The van der Waals surface area contributed by atoms with Gasteiger partial charge in [-0.3, -0.25) is 0 Å². The molecule has 2 nitrogen and oxygen atoms in total. The summed E-state index contributed by atoms with van der Waals surface area (Å²) in [5.41, 5.74) is 18.5. The molecule has 0 atom stereocenters. The van der Waals surface area contributed by atoms with Gasteiger partial charge < -0.3 is 9.80 Å². The summed E-state index contributed by atoms with van der Waals surface area (Å²) < 4.78 is 0. The Labute approximate surface area is 433 Å². The molecule has 0 aliphatic rings. The number of hydrogen-bond donors (Lipinski definition) is 0. The average Bonchev–Trinajstić information content (AvgIpc) is 3.49. The lowest BCUT2D eigenvalue weighted by Gasteiger charge is -2.27. The van der Waals surface area contributed by atoms with Gasteiger partial charge in [-0.15, -0.1) is 0 Å². The lowest BCUT2D eigenvalue weighted by atomic mass is 9.91. The highest BCUT2D eigenvalue weighted by atomic mass is 15.1. The highest BCUT2D eigenvalue weighted by molar-refractivity contribution is 6.26. The standard InChI is InChI=1S/C72H50N2/c1-5-15-51(16-6-1)55-25-36-61(37-26-55)73(62-38-27-56(28-39-62)52-17-7-2-8-18-52)63-44-33-59(34-45-63)60-35-47-69-70-48-46-66(50-72(70)68-24-14-13-23-67(68)71(69)49-60)74(64-40-29-57(30-41-64)53-19-9-3-10-20-53)65-42-31-58(32-43-65)54-21-11-4-12-22-54/h1-50H. The second-order valence-electron chi connectivity index (χ2n) is 18.9. The molecule has 0 unspecified atom stereocenters. The van der Waals surface area contributed by atoms with Crippen LogP contribution in [-0.2, 0) is 0 Å². The smallest absolute Gasteiger partial charge is 0.0468 e. The van der Waals surface area contributed by atoms with Crippen molar-refractivity contribution in [2.75, 3.05) is 9.80 Å². The van der Waals surface area contributed by atoms with Crippen molar-refractivity contribution in [1.29, 1.82) is 0 Å². The molecule has 13 rings (SSSR count). The van der Waals surface area contributed by atoms with E-state index in [0.29, 0.717) is 0 Å². The molecule has 348 valence electrons. The highest BCUT2D eigenvalue weighted by Gasteiger charge is 2.18. The third-order valence-corrected chi connectivity index (χ3v) is 14.5. The molecule has 0 aromatic heterocycles. The van der Waals surface area contributed by atoms with Crippen LogP contribution in [0.15, 0.2) is 303 Å². The molecule has 0 amide bonds. The van der Waals surface area contributed by atoms with Crippen LogP contribution in [0, 0.1) is 0 Å². The average molecular weight is 943 g/mol. The Balaban J connectivity index is 0.869. The van der Waals surface area contributed by atoms with Crippen molar-refractivity contribution in [2.24, 2.45) is 0 Å². The summed E-state index contributed by atoms with van der Waals surface area (Å²) in [6.45, 7) is 0. The van der Waals surface area contributed by atoms with Crippen molar-refractivity contribution in [2.45, 2.75) is 0 Å². The van der Waals surface area contributed by atoms with Crippen molar-refractivity contribution in [1.82, 2.24) is 0 Å². The second-order valence-corrected chi connectivity index (χ2v) is 18.9. The van der Waals surface area contributed by atoms with E-state index in [0.717, 1.165) is 34.1 Å². The molecule has 74 heavy (non-hydrogen) atoms. The molecule has 2 heteroatoms. The molecule has 0 bridgehead atoms. The number of rotatable bonds is 11. The van der Waals surface area contributed by atoms with Crippen LogP contribution in [0.3, 0.4) is 0 Å². The molecule has 0 aliphatic carbocycles. The van der Waals surface area contributed by atoms with Crippen LogP contribution in [-0.4, -0.2) is 0 Å². The van der Waals surface area contributed by atoms with Crippen LogP contribution in [0.2, 0.25) is 0 Å². The maximum absolute atomic E-state index is 2.39. The molecule has 13 aromatic carbocycles. The zero-order valence-corrected chi connectivity index (χ0v) is 40.8. The monoisotopic (exact) mass is 942 g/mol. The Bertz CT molecular complexity index is 3860. The van der Waals surface area contributed by atoms with Gasteiger partial charge in [0.15, 0.2) is 0 Å². The third-order valence-electron chi connectivity index (χ3n) is 14.5. The minimum Gasteiger partial charge on any atom is -0.311 e. The minimum absolute atomic E-state index is 1.09. The van der Waals surface area contributed by atoms with E-state index in [9.17, 15) is 0 Å². The molecule has 0 fully saturated rings. The Morgan fingerprint density at radius 2 is 0.351 bits per heavy atom. The number of benzene rings is 13. The number of anilines is 6. The largest absolute Gasteiger partial charge is 0.311 e. The Morgan fingerprint density at radius 1 is 0.135 bits per heavy atom. The van der Waals surface area contributed by atoms with Gasteiger partial charge in [0, 0.05) is 34.1 Å². The van der Waals surface area contributed by atoms with E-state index in [1.54, 1.807) is 0 Å². The van der Waals surface area contributed by atoms with E-state index >= 15 is 0 Å². The van der Waals surface area contributed by atoms with E-state index in [2.05, 4.69) is 313 Å². The maximum Gasteiger partial charge on any atom is 0.0468 e. The fourth-order valence-electron chi connectivity index (χ4n) is 10.7. The van der Waals surface area contributed by atoms with Crippen molar-refractivity contribution < 1.29 is 0 Å². The lowest BCUT2D eigenvalue weighted by Crippen LogP contribution is -2.10. The number of hydrogen-bond acceptors (Lipinski definition) is 2. The molecule has 13 aromatic rings. The first kappa shape index (κ1) is 44.2. The summed E-state index contributed by atoms with van der Waals surface area (Å²) in [4.78, 5) is 4.73. The van der Waals surface area contributed by atoms with E-state index in [1.165, 1.54) is 88.0 Å². The van der Waals surface area contributed by atoms with E-state index in [4.69, 9.17) is 0 Å². The van der Waals surface area contributed by atoms with Crippen LogP contribution in [0.25, 0.3) is 88.0 Å². The Kier molecular flexibility index (Phi) is 11.6. The van der Waals surface area contributed by atoms with Gasteiger partial charge in [-0.1, -0.05) is 224 Å². The molecular weight excluding hydrogens is 893 g/mol. The van der Waals surface area contributed by atoms with Crippen LogP contribution in [0.1, 0.15) is 0 Å². The molecule has 0 aliphatic heterocycles. The van der Waals surface area contributed by atoms with Crippen molar-refractivity contribution >= 4 is 66.4 Å². The SMILES string of the molecule is c1ccc(-c2ccc(N(c3ccc(-c4ccccc4)cc3)c3ccc(-c4ccc5c6ccc(N(c7ccc(-c8ccccc8)cc7)c7ccc(-c8ccccc8)cc7)cc6c6ccccc6c5c4)cc3)cc2)cc1. The second kappa shape index (κ2) is 19.4. The zero-order chi connectivity index (χ0) is 49.2. The molecule has 0 heterocycles. The van der Waals surface area contributed by atoms with Gasteiger partial charge in [0.1, 0.15) is 0 Å². The Hall–Kier alpha value is -9.76. The molecule has 0 N–H and O–H groups in total. The maximum atomic E-state index is 2.39. The topological polar surface area (TPSA) is 6.48 Å². The van der Waals surface area contributed by atoms with Gasteiger partial charge >= 0.3 is 0 Å². The zero-order valence-electron chi connectivity index (χ0n) is 40.8. The predicted molar refractivity (Wildman–Crippen MR) is 316 cm³/mol. The van der Waals surface area contributed by atoms with Gasteiger partial charge in [-0.2, -0.15) is 0 Å². The van der Waals surface area contributed by atoms with Gasteiger partial charge in [-0.25, -0.2) is 0 Å². The van der Waals surface area contributed by atoms with Crippen LogP contribution in [0.4, 0.5) is 34.1 Å². The molecule has 0 saturated carbocycles. The summed E-state index contributed by atoms with van der Waals surface area (Å²) in [6, 6.07) is 110. The van der Waals surface area contributed by atoms with Gasteiger partial charge in [-0.05, 0) is 167 Å². The minimum atomic E-state index is 1.09. The van der Waals surface area contributed by atoms with E-state index < -0.39 is 0 Å². The molecule has 0 radical (unpaired) electrons. The quantitative estimate of drug-likeness (QED) is 0.119. The van der Waals surface area contributed by atoms with Crippen molar-refractivity contribution in [3.05, 3.63) is 303 Å². The Morgan fingerprint density at radius 3 is 0.689 bits per heavy atom. The van der Waals surface area contributed by atoms with Crippen LogP contribution < -0.4 is 9.80 Å². The molecule has 0 saturated heterocycles. The summed E-state index contributed by atoms with van der Waals surface area (Å²) in [7, 11) is 0. The van der Waals surface area contributed by atoms with Crippen LogP contribution in [0.5, 0.6) is 0 Å². The summed E-state index contributed by atoms with van der Waals surface area (Å²) in [5.74, 6) is 0. The van der Waals surface area contributed by atoms with Gasteiger partial charge in [0.25, 0.3) is 0 Å². The normalized spacial score (nSPS) is 11.2. The van der Waals surface area contributed by atoms with Crippen molar-refractivity contribution in [3.63, 3.8) is 0 Å².